The van der Waals surface area contributed by atoms with Gasteiger partial charge in [-0.05, 0) is 42.8 Å². The molecule has 2 saturated heterocycles. The summed E-state index contributed by atoms with van der Waals surface area (Å²) in [6.07, 6.45) is 0.232. The molecule has 1 spiro atoms. The predicted molar refractivity (Wildman–Crippen MR) is 112 cm³/mol. The molecule has 2 aromatic carbocycles. The van der Waals surface area contributed by atoms with Crippen LogP contribution in [-0.4, -0.2) is 60.4 Å². The second-order valence-electron chi connectivity index (χ2n) is 8.53. The molecule has 2 atom stereocenters. The Morgan fingerprint density at radius 1 is 1.06 bits per heavy atom. The minimum Gasteiger partial charge on any atom is -0.364 e. The lowest BCUT2D eigenvalue weighted by molar-refractivity contribution is -0.154. The first-order valence-electron chi connectivity index (χ1n) is 10.3. The van der Waals surface area contributed by atoms with Crippen LogP contribution in [0.1, 0.15) is 11.1 Å². The summed E-state index contributed by atoms with van der Waals surface area (Å²) in [7, 11) is 1.97. The lowest BCUT2D eigenvalue weighted by atomic mass is 9.67. The highest BCUT2D eigenvalue weighted by Gasteiger charge is 2.62. The molecule has 31 heavy (non-hydrogen) atoms. The van der Waals surface area contributed by atoms with Gasteiger partial charge in [-0.15, -0.1) is 0 Å². The number of fused-ring (bicyclic) bond motifs is 4. The molecule has 2 fully saturated rings. The van der Waals surface area contributed by atoms with Crippen molar-refractivity contribution in [2.24, 2.45) is 5.41 Å². The smallest absolute Gasteiger partial charge is 0.331 e. The second kappa shape index (κ2) is 7.16. The van der Waals surface area contributed by atoms with Crippen LogP contribution in [0.3, 0.4) is 0 Å². The average Bonchev–Trinajstić information content (AvgIpc) is 2.76. The number of amides is 4. The number of urea groups is 1. The van der Waals surface area contributed by atoms with Crippen LogP contribution in [0.4, 0.5) is 14.9 Å². The number of hydrogen-bond acceptors (Lipinski definition) is 5. The van der Waals surface area contributed by atoms with Gasteiger partial charge in [0.05, 0.1) is 12.6 Å². The topological polar surface area (TPSA) is 73.0 Å². The Bertz CT molecular complexity index is 1070. The number of benzene rings is 2. The van der Waals surface area contributed by atoms with E-state index < -0.39 is 35.1 Å². The molecule has 3 aliphatic rings. The van der Waals surface area contributed by atoms with Gasteiger partial charge in [-0.25, -0.2) is 9.18 Å². The third-order valence-corrected chi connectivity index (χ3v) is 6.67. The molecular weight excluding hydrogens is 399 g/mol. The second-order valence-corrected chi connectivity index (χ2v) is 8.53. The number of carbonyl (C=O) groups excluding carboxylic acids is 3. The van der Waals surface area contributed by atoms with Crippen molar-refractivity contribution in [3.63, 3.8) is 0 Å². The molecule has 0 saturated carbocycles. The van der Waals surface area contributed by atoms with Crippen molar-refractivity contribution in [1.29, 1.82) is 0 Å². The molecule has 4 amide bonds. The minimum absolute atomic E-state index is 0.0236. The Hall–Kier alpha value is -3.26. The highest BCUT2D eigenvalue weighted by Crippen LogP contribution is 2.45. The van der Waals surface area contributed by atoms with Crippen LogP contribution in [0.5, 0.6) is 0 Å². The molecule has 3 aliphatic heterocycles. The number of anilines is 1. The Kier molecular flexibility index (Phi) is 4.55. The number of barbiturate groups is 1. The zero-order chi connectivity index (χ0) is 21.8. The number of hydrogen-bond donors (Lipinski definition) is 1. The van der Waals surface area contributed by atoms with E-state index in [0.717, 1.165) is 22.7 Å². The molecule has 2 aromatic rings. The van der Waals surface area contributed by atoms with Crippen LogP contribution in [0, 0.1) is 11.2 Å². The number of nitrogens with zero attached hydrogens (tertiary/aromatic N) is 3. The van der Waals surface area contributed by atoms with Gasteiger partial charge in [0, 0.05) is 25.3 Å². The molecule has 5 rings (SSSR count). The largest absolute Gasteiger partial charge is 0.364 e. The summed E-state index contributed by atoms with van der Waals surface area (Å²) in [4.78, 5) is 45.2. The normalized spacial score (nSPS) is 26.0. The van der Waals surface area contributed by atoms with E-state index in [1.165, 1.54) is 24.3 Å². The van der Waals surface area contributed by atoms with E-state index in [1.807, 2.05) is 31.3 Å². The maximum absolute atomic E-state index is 13.9. The average molecular weight is 422 g/mol. The highest BCUT2D eigenvalue weighted by atomic mass is 19.1. The lowest BCUT2D eigenvalue weighted by Gasteiger charge is -2.55. The number of carbonyl (C=O) groups is 3. The Morgan fingerprint density at radius 3 is 2.58 bits per heavy atom. The zero-order valence-electron chi connectivity index (χ0n) is 17.2. The fourth-order valence-electron chi connectivity index (χ4n) is 5.06. The van der Waals surface area contributed by atoms with Crippen LogP contribution < -0.4 is 10.2 Å². The number of halogens is 1. The first kappa shape index (κ1) is 19.7. The molecule has 0 bridgehead atoms. The van der Waals surface area contributed by atoms with E-state index in [9.17, 15) is 18.8 Å². The molecule has 3 heterocycles. The minimum atomic E-state index is -1.41. The highest BCUT2D eigenvalue weighted by molar-refractivity contribution is 6.20. The molecular formula is C23H23FN4O3. The molecule has 7 nitrogen and oxygen atoms in total. The molecule has 0 radical (unpaired) electrons. The van der Waals surface area contributed by atoms with E-state index >= 15 is 0 Å². The number of para-hydroxylation sites is 1. The third kappa shape index (κ3) is 3.01. The zero-order valence-corrected chi connectivity index (χ0v) is 17.2. The Balaban J connectivity index is 1.58. The van der Waals surface area contributed by atoms with Crippen molar-refractivity contribution in [3.8, 4) is 0 Å². The summed E-state index contributed by atoms with van der Waals surface area (Å²) in [5, 5.41) is 2.44. The van der Waals surface area contributed by atoms with Crippen molar-refractivity contribution < 1.29 is 18.8 Å². The fraction of sp³-hybridized carbons (Fsp3) is 0.348. The standard InChI is InChI=1S/C23H23FN4O3/c1-26-10-11-27-18-5-3-2-4-16(18)12-23(19(27)14-26)20(29)25-22(31)28(21(23)30)13-15-6-8-17(24)9-7-15/h2-9,19H,10-14H2,1H3,(H,25,29,31)/t19-,23-/m1/s1. The van der Waals surface area contributed by atoms with Gasteiger partial charge in [-0.2, -0.15) is 0 Å². The summed E-state index contributed by atoms with van der Waals surface area (Å²) in [6, 6.07) is 12.3. The van der Waals surface area contributed by atoms with Crippen molar-refractivity contribution in [2.75, 3.05) is 31.6 Å². The number of likely N-dealkylation sites (N-methyl/N-ethyl adjacent to an activating group) is 1. The molecule has 0 unspecified atom stereocenters. The van der Waals surface area contributed by atoms with Crippen LogP contribution in [-0.2, 0) is 22.6 Å². The first-order chi connectivity index (χ1) is 14.9. The number of rotatable bonds is 2. The van der Waals surface area contributed by atoms with E-state index in [1.54, 1.807) is 0 Å². The molecule has 160 valence electrons. The summed E-state index contributed by atoms with van der Waals surface area (Å²) in [5.41, 5.74) is 1.16. The SMILES string of the molecule is CN1CCN2c3ccccc3C[C@]3(C(=O)NC(=O)N(Cc4ccc(F)cc4)C3=O)[C@H]2C1. The molecule has 8 heteroatoms. The van der Waals surface area contributed by atoms with Crippen molar-refractivity contribution >= 4 is 23.5 Å². The van der Waals surface area contributed by atoms with Gasteiger partial charge in [0.25, 0.3) is 0 Å². The Labute approximate surface area is 179 Å². The van der Waals surface area contributed by atoms with E-state index in [-0.39, 0.29) is 13.0 Å². The Morgan fingerprint density at radius 2 is 1.81 bits per heavy atom. The summed E-state index contributed by atoms with van der Waals surface area (Å²) >= 11 is 0. The van der Waals surface area contributed by atoms with Crippen molar-refractivity contribution in [3.05, 3.63) is 65.5 Å². The number of nitrogens with one attached hydrogen (secondary N) is 1. The van der Waals surface area contributed by atoms with Crippen LogP contribution >= 0.6 is 0 Å². The maximum atomic E-state index is 13.9. The van der Waals surface area contributed by atoms with Crippen molar-refractivity contribution in [1.82, 2.24) is 15.1 Å². The monoisotopic (exact) mass is 422 g/mol. The molecule has 1 N–H and O–H groups in total. The van der Waals surface area contributed by atoms with E-state index in [2.05, 4.69) is 15.1 Å². The lowest BCUT2D eigenvalue weighted by Crippen LogP contribution is -2.74. The van der Waals surface area contributed by atoms with Gasteiger partial charge in [0.15, 0.2) is 5.41 Å². The van der Waals surface area contributed by atoms with Crippen LogP contribution in [0.25, 0.3) is 0 Å². The maximum Gasteiger partial charge on any atom is 0.331 e. The quantitative estimate of drug-likeness (QED) is 0.747. The van der Waals surface area contributed by atoms with Gasteiger partial charge < -0.3 is 9.80 Å². The van der Waals surface area contributed by atoms with Gasteiger partial charge in [-0.1, -0.05) is 30.3 Å². The van der Waals surface area contributed by atoms with Gasteiger partial charge in [-0.3, -0.25) is 19.8 Å². The summed E-state index contributed by atoms with van der Waals surface area (Å²) in [6.45, 7) is 2.01. The summed E-state index contributed by atoms with van der Waals surface area (Å²) < 4.78 is 13.3. The predicted octanol–water partition coefficient (Wildman–Crippen LogP) is 1.77. The fourth-order valence-corrected chi connectivity index (χ4v) is 5.06. The summed E-state index contributed by atoms with van der Waals surface area (Å²) in [5.74, 6) is -1.43. The van der Waals surface area contributed by atoms with Gasteiger partial charge in [0.2, 0.25) is 11.8 Å². The molecule has 0 aliphatic carbocycles. The van der Waals surface area contributed by atoms with Crippen LogP contribution in [0.15, 0.2) is 48.5 Å². The third-order valence-electron chi connectivity index (χ3n) is 6.67. The van der Waals surface area contributed by atoms with Crippen molar-refractivity contribution in [2.45, 2.75) is 19.0 Å². The first-order valence-corrected chi connectivity index (χ1v) is 10.3. The van der Waals surface area contributed by atoms with E-state index in [0.29, 0.717) is 18.7 Å². The van der Waals surface area contributed by atoms with E-state index in [4.69, 9.17) is 0 Å². The van der Waals surface area contributed by atoms with Gasteiger partial charge in [0.1, 0.15) is 5.82 Å². The molecule has 0 aromatic heterocycles. The number of piperazine rings is 1. The van der Waals surface area contributed by atoms with Crippen LogP contribution in [0.2, 0.25) is 0 Å². The van der Waals surface area contributed by atoms with Gasteiger partial charge >= 0.3 is 6.03 Å². The number of imide groups is 2.